The first kappa shape index (κ1) is 20.5. The summed E-state index contributed by atoms with van der Waals surface area (Å²) >= 11 is 0. The molecule has 0 heterocycles. The van der Waals surface area contributed by atoms with Crippen molar-refractivity contribution in [2.24, 2.45) is 15.7 Å². The third-order valence-electron chi connectivity index (χ3n) is 4.23. The molecule has 3 aromatic rings. The molecule has 6 heteroatoms. The molecule has 0 radical (unpaired) electrons. The van der Waals surface area contributed by atoms with Crippen LogP contribution >= 0.6 is 0 Å². The summed E-state index contributed by atoms with van der Waals surface area (Å²) in [4.78, 5) is 20.9. The van der Waals surface area contributed by atoms with E-state index < -0.39 is 6.09 Å². The molecule has 0 atom stereocenters. The number of amidine groups is 2. The number of aliphatic imine (C=N–C) groups is 2. The lowest BCUT2D eigenvalue weighted by Crippen LogP contribution is -2.20. The van der Waals surface area contributed by atoms with Crippen molar-refractivity contribution in [3.05, 3.63) is 108 Å². The van der Waals surface area contributed by atoms with Gasteiger partial charge in [0.2, 0.25) is 0 Å². The Morgan fingerprint density at radius 1 is 0.867 bits per heavy atom. The predicted octanol–water partition coefficient (Wildman–Crippen LogP) is 4.69. The Bertz CT molecular complexity index is 1090. The highest BCUT2D eigenvalue weighted by Crippen LogP contribution is 2.18. The van der Waals surface area contributed by atoms with E-state index in [1.54, 1.807) is 18.2 Å². The van der Waals surface area contributed by atoms with Gasteiger partial charge in [0.15, 0.2) is 5.84 Å². The molecular formula is C24H22N4O2. The number of amides is 1. The first-order valence-corrected chi connectivity index (χ1v) is 9.25. The van der Waals surface area contributed by atoms with Crippen LogP contribution in [0.5, 0.6) is 0 Å². The lowest BCUT2D eigenvalue weighted by Gasteiger charge is -2.11. The molecule has 0 saturated heterocycles. The second-order valence-corrected chi connectivity index (χ2v) is 6.27. The van der Waals surface area contributed by atoms with Crippen molar-refractivity contribution >= 4 is 29.1 Å². The highest BCUT2D eigenvalue weighted by atomic mass is 16.5. The van der Waals surface area contributed by atoms with Crippen molar-refractivity contribution in [2.75, 3.05) is 12.4 Å². The highest BCUT2D eigenvalue weighted by molar-refractivity contribution is 6.14. The van der Waals surface area contributed by atoms with E-state index >= 15 is 0 Å². The number of para-hydroxylation sites is 1. The van der Waals surface area contributed by atoms with E-state index in [2.05, 4.69) is 26.6 Å². The van der Waals surface area contributed by atoms with Crippen LogP contribution in [0.4, 0.5) is 10.5 Å². The van der Waals surface area contributed by atoms with Gasteiger partial charge in [-0.1, -0.05) is 79.4 Å². The summed E-state index contributed by atoms with van der Waals surface area (Å²) in [7, 11) is 1.30. The maximum absolute atomic E-state index is 11.7. The van der Waals surface area contributed by atoms with Gasteiger partial charge in [0.1, 0.15) is 5.84 Å². The van der Waals surface area contributed by atoms with Crippen LogP contribution in [0.1, 0.15) is 16.7 Å². The van der Waals surface area contributed by atoms with Crippen LogP contribution in [-0.4, -0.2) is 24.9 Å². The highest BCUT2D eigenvalue weighted by Gasteiger charge is 2.11. The van der Waals surface area contributed by atoms with E-state index in [0.29, 0.717) is 22.8 Å². The maximum atomic E-state index is 11.7. The fraction of sp³-hybridized carbons (Fsp3) is 0.0417. The number of hydrogen-bond acceptors (Lipinski definition) is 3. The minimum absolute atomic E-state index is 0.200. The van der Waals surface area contributed by atoms with Gasteiger partial charge in [0.05, 0.1) is 18.5 Å². The van der Waals surface area contributed by atoms with E-state index in [0.717, 1.165) is 11.1 Å². The quantitative estimate of drug-likeness (QED) is 0.483. The largest absolute Gasteiger partial charge is 0.453 e. The van der Waals surface area contributed by atoms with Gasteiger partial charge >= 0.3 is 6.09 Å². The van der Waals surface area contributed by atoms with Crippen molar-refractivity contribution in [1.82, 2.24) is 0 Å². The topological polar surface area (TPSA) is 89.1 Å². The monoisotopic (exact) mass is 398 g/mol. The van der Waals surface area contributed by atoms with Gasteiger partial charge in [-0.15, -0.1) is 0 Å². The third kappa shape index (κ3) is 5.20. The maximum Gasteiger partial charge on any atom is 0.411 e. The van der Waals surface area contributed by atoms with Crippen molar-refractivity contribution in [1.29, 1.82) is 0 Å². The van der Waals surface area contributed by atoms with Gasteiger partial charge < -0.3 is 10.5 Å². The molecule has 0 saturated carbocycles. The lowest BCUT2D eigenvalue weighted by atomic mass is 10.1. The number of nitrogens with one attached hydrogen (secondary N) is 1. The fourth-order valence-electron chi connectivity index (χ4n) is 2.72. The van der Waals surface area contributed by atoms with Crippen LogP contribution in [0.2, 0.25) is 0 Å². The van der Waals surface area contributed by atoms with E-state index in [-0.39, 0.29) is 5.84 Å². The summed E-state index contributed by atoms with van der Waals surface area (Å²) in [6, 6.07) is 26.2. The number of benzene rings is 3. The summed E-state index contributed by atoms with van der Waals surface area (Å²) in [6.07, 6.45) is -0.593. The molecule has 30 heavy (non-hydrogen) atoms. The summed E-state index contributed by atoms with van der Waals surface area (Å²) in [5, 5.41) is 2.64. The molecule has 0 spiro atoms. The van der Waals surface area contributed by atoms with Gasteiger partial charge in [-0.05, 0) is 17.7 Å². The first-order valence-electron chi connectivity index (χ1n) is 9.25. The zero-order chi connectivity index (χ0) is 21.3. The van der Waals surface area contributed by atoms with Crippen molar-refractivity contribution in [3.63, 3.8) is 0 Å². The molecule has 0 unspecified atom stereocenters. The summed E-state index contributed by atoms with van der Waals surface area (Å²) in [5.74, 6) is 0.611. The number of nitrogens with zero attached hydrogens (tertiary/aromatic N) is 2. The molecule has 0 aliphatic heterocycles. The number of nitrogens with two attached hydrogens (primary N) is 1. The molecule has 0 aromatic heterocycles. The van der Waals surface area contributed by atoms with Gasteiger partial charge in [0, 0.05) is 11.1 Å². The molecule has 3 aromatic carbocycles. The molecule has 0 fully saturated rings. The van der Waals surface area contributed by atoms with E-state index in [1.165, 1.54) is 7.11 Å². The molecule has 0 aliphatic carbocycles. The molecule has 150 valence electrons. The summed E-state index contributed by atoms with van der Waals surface area (Å²) in [6.45, 7) is 4.07. The predicted molar refractivity (Wildman–Crippen MR) is 122 cm³/mol. The Labute approximate surface area is 175 Å². The van der Waals surface area contributed by atoms with Gasteiger partial charge in [-0.3, -0.25) is 5.32 Å². The number of anilines is 1. The number of methoxy groups -OCH3 is 1. The van der Waals surface area contributed by atoms with Crippen LogP contribution in [0.25, 0.3) is 5.70 Å². The van der Waals surface area contributed by atoms with Gasteiger partial charge in [-0.25, -0.2) is 14.8 Å². The molecule has 0 aliphatic rings. The standard InChI is InChI=1S/C24H22N4O2/c1-17(18-11-5-3-6-12-18)26-23(19-13-7-4-8-14-19)28-22(25)20-15-9-10-16-21(20)27-24(29)30-2/h3-16H,1H2,2H3,(H,27,29)(H2,25,26,28). The van der Waals surface area contributed by atoms with Crippen LogP contribution in [-0.2, 0) is 4.74 Å². The van der Waals surface area contributed by atoms with Crippen molar-refractivity contribution in [3.8, 4) is 0 Å². The molecule has 6 nitrogen and oxygen atoms in total. The molecule has 3 N–H and O–H groups in total. The minimum atomic E-state index is -0.593. The second-order valence-electron chi connectivity index (χ2n) is 6.27. The molecule has 0 bridgehead atoms. The molecular weight excluding hydrogens is 376 g/mol. The van der Waals surface area contributed by atoms with Crippen molar-refractivity contribution < 1.29 is 9.53 Å². The van der Waals surface area contributed by atoms with Gasteiger partial charge in [0.25, 0.3) is 0 Å². The number of carbonyl (C=O) groups excluding carboxylic acids is 1. The zero-order valence-electron chi connectivity index (χ0n) is 16.6. The average molecular weight is 398 g/mol. The number of carbonyl (C=O) groups is 1. The fourth-order valence-corrected chi connectivity index (χ4v) is 2.72. The first-order chi connectivity index (χ1) is 14.6. The Morgan fingerprint density at radius 3 is 2.07 bits per heavy atom. The Kier molecular flexibility index (Phi) is 6.74. The Morgan fingerprint density at radius 2 is 1.43 bits per heavy atom. The Hall–Kier alpha value is -4.19. The Balaban J connectivity index is 2.03. The second kappa shape index (κ2) is 9.84. The van der Waals surface area contributed by atoms with E-state index in [4.69, 9.17) is 5.73 Å². The summed E-state index contributed by atoms with van der Waals surface area (Å²) in [5.41, 5.74) is 9.58. The summed E-state index contributed by atoms with van der Waals surface area (Å²) < 4.78 is 4.67. The van der Waals surface area contributed by atoms with Crippen molar-refractivity contribution in [2.45, 2.75) is 0 Å². The van der Waals surface area contributed by atoms with Crippen LogP contribution in [0, 0.1) is 0 Å². The molecule has 3 rings (SSSR count). The number of hydrogen-bond donors (Lipinski definition) is 2. The van der Waals surface area contributed by atoms with Crippen LogP contribution in [0.15, 0.2) is 101 Å². The van der Waals surface area contributed by atoms with E-state index in [9.17, 15) is 4.79 Å². The van der Waals surface area contributed by atoms with E-state index in [1.807, 2.05) is 66.7 Å². The number of rotatable bonds is 5. The van der Waals surface area contributed by atoms with Crippen LogP contribution < -0.4 is 11.1 Å². The van der Waals surface area contributed by atoms with Gasteiger partial charge in [-0.2, -0.15) is 0 Å². The van der Waals surface area contributed by atoms with Crippen LogP contribution in [0.3, 0.4) is 0 Å². The smallest absolute Gasteiger partial charge is 0.411 e. The SMILES string of the molecule is C=C(N=C(N=C(N)c1ccccc1NC(=O)OC)c1ccccc1)c1ccccc1. The lowest BCUT2D eigenvalue weighted by molar-refractivity contribution is 0.187. The zero-order valence-corrected chi connectivity index (χ0v) is 16.6. The normalized spacial score (nSPS) is 11.6. The third-order valence-corrected chi connectivity index (χ3v) is 4.23. The minimum Gasteiger partial charge on any atom is -0.453 e. The molecule has 1 amide bonds. The number of ether oxygens (including phenoxy) is 1. The average Bonchev–Trinajstić information content (AvgIpc) is 2.80.